The number of anilines is 4. The van der Waals surface area contributed by atoms with Crippen molar-refractivity contribution in [1.82, 2.24) is 24.2 Å². The number of likely N-dealkylation sites (N-methyl/N-ethyl adjacent to an activating group) is 1. The SMILES string of the molecule is C#Cc1c[nH]c2nc(Nc3cc4c(cc3OC)CCN(C)C4)nc(Nc3ccccc3S(=O)(=O)N(C)C)c12. The van der Waals surface area contributed by atoms with E-state index < -0.39 is 10.0 Å². The van der Waals surface area contributed by atoms with Crippen LogP contribution in [-0.2, 0) is 23.0 Å². The molecule has 2 aromatic heterocycles. The molecule has 1 aliphatic heterocycles. The van der Waals surface area contributed by atoms with Crippen molar-refractivity contribution >= 4 is 44.2 Å². The zero-order valence-corrected chi connectivity index (χ0v) is 22.5. The molecule has 0 radical (unpaired) electrons. The molecular weight excluding hydrogens is 502 g/mol. The number of sulfonamides is 1. The van der Waals surface area contributed by atoms with Crippen molar-refractivity contribution in [3.05, 3.63) is 59.3 Å². The second-order valence-corrected chi connectivity index (χ2v) is 11.4. The minimum absolute atomic E-state index is 0.115. The molecule has 4 aromatic rings. The first kappa shape index (κ1) is 25.5. The highest BCUT2D eigenvalue weighted by atomic mass is 32.2. The van der Waals surface area contributed by atoms with Gasteiger partial charge in [-0.15, -0.1) is 6.42 Å². The fourth-order valence-corrected chi connectivity index (χ4v) is 5.57. The van der Waals surface area contributed by atoms with Crippen molar-refractivity contribution < 1.29 is 13.2 Å². The van der Waals surface area contributed by atoms with E-state index in [1.807, 2.05) is 0 Å². The van der Waals surface area contributed by atoms with Crippen molar-refractivity contribution in [2.24, 2.45) is 0 Å². The Morgan fingerprint density at radius 2 is 1.92 bits per heavy atom. The summed E-state index contributed by atoms with van der Waals surface area (Å²) in [7, 11) is 2.98. The predicted octanol–water partition coefficient (Wildman–Crippen LogP) is 3.67. The van der Waals surface area contributed by atoms with Crippen LogP contribution in [0.4, 0.5) is 23.1 Å². The first-order valence-electron chi connectivity index (χ1n) is 12.0. The first-order valence-corrected chi connectivity index (χ1v) is 13.4. The quantitative estimate of drug-likeness (QED) is 0.310. The van der Waals surface area contributed by atoms with Gasteiger partial charge in [0, 0.05) is 33.4 Å². The maximum Gasteiger partial charge on any atom is 0.244 e. The van der Waals surface area contributed by atoms with E-state index in [9.17, 15) is 8.42 Å². The summed E-state index contributed by atoms with van der Waals surface area (Å²) >= 11 is 0. The highest BCUT2D eigenvalue weighted by Gasteiger charge is 2.23. The number of hydrogen-bond donors (Lipinski definition) is 3. The Bertz CT molecular complexity index is 1670. The molecule has 2 aromatic carbocycles. The van der Waals surface area contributed by atoms with E-state index in [0.717, 1.165) is 25.2 Å². The molecule has 0 spiro atoms. The van der Waals surface area contributed by atoms with Gasteiger partial charge < -0.3 is 25.3 Å². The van der Waals surface area contributed by atoms with Gasteiger partial charge in [-0.25, -0.2) is 12.7 Å². The van der Waals surface area contributed by atoms with Crippen molar-refractivity contribution in [2.75, 3.05) is 45.4 Å². The molecular formula is C27H29N7O3S. The Labute approximate surface area is 222 Å². The number of fused-ring (bicyclic) bond motifs is 2. The number of methoxy groups -OCH3 is 1. The molecule has 0 amide bonds. The number of rotatable bonds is 7. The van der Waals surface area contributed by atoms with Crippen LogP contribution in [0, 0.1) is 12.3 Å². The molecule has 11 heteroatoms. The van der Waals surface area contributed by atoms with Crippen LogP contribution in [0.2, 0.25) is 0 Å². The average molecular weight is 532 g/mol. The van der Waals surface area contributed by atoms with Gasteiger partial charge in [0.25, 0.3) is 0 Å². The number of aromatic amines is 1. The Balaban J connectivity index is 1.60. The van der Waals surface area contributed by atoms with Gasteiger partial charge in [0.2, 0.25) is 16.0 Å². The fourth-order valence-electron chi connectivity index (χ4n) is 4.53. The zero-order valence-electron chi connectivity index (χ0n) is 21.7. The minimum Gasteiger partial charge on any atom is -0.495 e. The van der Waals surface area contributed by atoms with Crippen LogP contribution in [0.5, 0.6) is 5.75 Å². The van der Waals surface area contributed by atoms with E-state index in [0.29, 0.717) is 39.8 Å². The summed E-state index contributed by atoms with van der Waals surface area (Å²) < 4.78 is 32.8. The summed E-state index contributed by atoms with van der Waals surface area (Å²) in [5.74, 6) is 3.98. The van der Waals surface area contributed by atoms with Crippen LogP contribution in [-0.4, -0.2) is 67.4 Å². The maximum atomic E-state index is 13.0. The molecule has 0 saturated carbocycles. The Hall–Kier alpha value is -4.11. The normalized spacial score (nSPS) is 13.8. The Morgan fingerprint density at radius 3 is 2.66 bits per heavy atom. The van der Waals surface area contributed by atoms with Gasteiger partial charge in [-0.3, -0.25) is 0 Å². The van der Waals surface area contributed by atoms with Gasteiger partial charge in [-0.1, -0.05) is 18.1 Å². The van der Waals surface area contributed by atoms with E-state index in [1.54, 1.807) is 37.6 Å². The molecule has 5 rings (SSSR count). The zero-order chi connectivity index (χ0) is 27.0. The summed E-state index contributed by atoms with van der Waals surface area (Å²) in [6.45, 7) is 1.83. The van der Waals surface area contributed by atoms with Gasteiger partial charge in [0.15, 0.2) is 0 Å². The summed E-state index contributed by atoms with van der Waals surface area (Å²) in [6.07, 6.45) is 8.37. The molecule has 0 aliphatic carbocycles. The summed E-state index contributed by atoms with van der Waals surface area (Å²) in [4.78, 5) is 14.8. The molecule has 0 atom stereocenters. The standard InChI is InChI=1S/C27H29N7O3S/c1-6-17-15-28-25-24(17)26(29-20-9-7-8-10-23(20)38(35,36)33(2)3)32-27(31-25)30-21-13-19-16-34(4)12-11-18(19)14-22(21)37-5/h1,7-10,13-15H,11-12,16H2,2-5H3,(H3,28,29,30,31,32). The minimum atomic E-state index is -3.72. The van der Waals surface area contributed by atoms with E-state index in [4.69, 9.17) is 16.1 Å². The topological polar surface area (TPSA) is 115 Å². The van der Waals surface area contributed by atoms with Crippen LogP contribution in [0.25, 0.3) is 11.0 Å². The molecule has 0 unspecified atom stereocenters. The highest BCUT2D eigenvalue weighted by Crippen LogP contribution is 2.35. The lowest BCUT2D eigenvalue weighted by Gasteiger charge is -2.26. The second-order valence-electron chi connectivity index (χ2n) is 9.31. The molecule has 196 valence electrons. The van der Waals surface area contributed by atoms with Crippen LogP contribution < -0.4 is 15.4 Å². The average Bonchev–Trinajstić information content (AvgIpc) is 3.32. The number of benzene rings is 2. The summed E-state index contributed by atoms with van der Waals surface area (Å²) in [5.41, 5.74) is 4.61. The number of nitrogens with zero attached hydrogens (tertiary/aromatic N) is 4. The second kappa shape index (κ2) is 9.98. The van der Waals surface area contributed by atoms with E-state index in [-0.39, 0.29) is 4.90 Å². The van der Waals surface area contributed by atoms with Crippen molar-refractivity contribution in [3.63, 3.8) is 0 Å². The fraction of sp³-hybridized carbons (Fsp3) is 0.259. The summed E-state index contributed by atoms with van der Waals surface area (Å²) in [5, 5.41) is 7.07. The Kier molecular flexibility index (Phi) is 6.71. The van der Waals surface area contributed by atoms with Crippen LogP contribution in [0.1, 0.15) is 16.7 Å². The predicted molar refractivity (Wildman–Crippen MR) is 149 cm³/mol. The first-order chi connectivity index (χ1) is 18.2. The van der Waals surface area contributed by atoms with E-state index in [2.05, 4.69) is 50.6 Å². The third-order valence-corrected chi connectivity index (χ3v) is 8.43. The third kappa shape index (κ3) is 4.65. The number of hydrogen-bond acceptors (Lipinski definition) is 8. The van der Waals surface area contributed by atoms with Crippen molar-refractivity contribution in [1.29, 1.82) is 0 Å². The van der Waals surface area contributed by atoms with Gasteiger partial charge >= 0.3 is 0 Å². The lowest BCUT2D eigenvalue weighted by Crippen LogP contribution is -2.26. The number of aromatic nitrogens is 3. The number of H-pyrrole nitrogens is 1. The Morgan fingerprint density at radius 1 is 1.13 bits per heavy atom. The number of terminal acetylenes is 1. The molecule has 3 heterocycles. The van der Waals surface area contributed by atoms with Crippen LogP contribution in [0.3, 0.4) is 0 Å². The molecule has 0 saturated heterocycles. The van der Waals surface area contributed by atoms with Crippen LogP contribution >= 0.6 is 0 Å². The van der Waals surface area contributed by atoms with E-state index in [1.165, 1.54) is 29.5 Å². The number of nitrogens with one attached hydrogen (secondary N) is 3. The lowest BCUT2D eigenvalue weighted by atomic mass is 9.99. The highest BCUT2D eigenvalue weighted by molar-refractivity contribution is 7.89. The monoisotopic (exact) mass is 531 g/mol. The maximum absolute atomic E-state index is 13.0. The largest absolute Gasteiger partial charge is 0.495 e. The van der Waals surface area contributed by atoms with Crippen molar-refractivity contribution in [2.45, 2.75) is 17.9 Å². The lowest BCUT2D eigenvalue weighted by molar-refractivity contribution is 0.312. The molecule has 0 fully saturated rings. The van der Waals surface area contributed by atoms with Gasteiger partial charge in [-0.2, -0.15) is 9.97 Å². The smallest absolute Gasteiger partial charge is 0.244 e. The van der Waals surface area contributed by atoms with Gasteiger partial charge in [-0.05, 0) is 48.9 Å². The summed E-state index contributed by atoms with van der Waals surface area (Å²) in [6, 6.07) is 10.8. The van der Waals surface area contributed by atoms with E-state index >= 15 is 0 Å². The molecule has 1 aliphatic rings. The van der Waals surface area contributed by atoms with Crippen molar-refractivity contribution in [3.8, 4) is 18.1 Å². The van der Waals surface area contributed by atoms with Gasteiger partial charge in [0.05, 0.1) is 29.4 Å². The molecule has 10 nitrogen and oxygen atoms in total. The van der Waals surface area contributed by atoms with Crippen LogP contribution in [0.15, 0.2) is 47.5 Å². The van der Waals surface area contributed by atoms with Gasteiger partial charge in [0.1, 0.15) is 22.1 Å². The number of para-hydroxylation sites is 1. The number of ether oxygens (including phenoxy) is 1. The molecule has 3 N–H and O–H groups in total. The molecule has 0 bridgehead atoms. The molecule has 38 heavy (non-hydrogen) atoms. The third-order valence-electron chi connectivity index (χ3n) is 6.56.